The van der Waals surface area contributed by atoms with Crippen molar-refractivity contribution in [3.05, 3.63) is 29.8 Å². The van der Waals surface area contributed by atoms with Gasteiger partial charge in [0.15, 0.2) is 0 Å². The summed E-state index contributed by atoms with van der Waals surface area (Å²) in [4.78, 5) is 2.22. The molecule has 3 unspecified atom stereocenters. The highest BCUT2D eigenvalue weighted by Crippen LogP contribution is 2.21. The second-order valence-corrected chi connectivity index (χ2v) is 5.57. The average Bonchev–Trinajstić information content (AvgIpc) is 2.33. The van der Waals surface area contributed by atoms with E-state index in [-0.39, 0.29) is 12.1 Å². The van der Waals surface area contributed by atoms with Crippen LogP contribution < -0.4 is 4.90 Å². The molecule has 5 heteroatoms. The molecule has 0 saturated carbocycles. The third kappa shape index (κ3) is 3.31. The van der Waals surface area contributed by atoms with Gasteiger partial charge in [-0.25, -0.2) is 0 Å². The summed E-state index contributed by atoms with van der Waals surface area (Å²) >= 11 is -1.62. The Labute approximate surface area is 111 Å². The fourth-order valence-corrected chi connectivity index (χ4v) is 2.68. The number of anilines is 1. The monoisotopic (exact) mass is 269 g/mol. The van der Waals surface area contributed by atoms with Crippen molar-refractivity contribution in [2.45, 2.75) is 32.9 Å². The van der Waals surface area contributed by atoms with Crippen molar-refractivity contribution in [2.75, 3.05) is 18.1 Å². The lowest BCUT2D eigenvalue weighted by Gasteiger charge is -2.34. The van der Waals surface area contributed by atoms with Crippen molar-refractivity contribution >= 4 is 17.0 Å². The zero-order valence-electron chi connectivity index (χ0n) is 11.0. The van der Waals surface area contributed by atoms with Crippen molar-refractivity contribution in [3.63, 3.8) is 0 Å². The molecule has 0 aliphatic carbocycles. The molecule has 1 aromatic carbocycles. The highest BCUT2D eigenvalue weighted by Gasteiger charge is 2.23. The highest BCUT2D eigenvalue weighted by molar-refractivity contribution is 7.75. The third-order valence-corrected chi connectivity index (χ3v) is 3.81. The first-order valence-corrected chi connectivity index (χ1v) is 7.11. The molecule has 3 atom stereocenters. The molecule has 18 heavy (non-hydrogen) atoms. The summed E-state index contributed by atoms with van der Waals surface area (Å²) in [5, 5.41) is 0. The second kappa shape index (κ2) is 5.82. The van der Waals surface area contributed by atoms with Crippen molar-refractivity contribution in [1.82, 2.24) is 0 Å². The Morgan fingerprint density at radius 2 is 1.94 bits per heavy atom. The van der Waals surface area contributed by atoms with Crippen LogP contribution in [0, 0.1) is 6.92 Å². The first-order valence-electron chi connectivity index (χ1n) is 6.11. The van der Waals surface area contributed by atoms with Gasteiger partial charge in [0.1, 0.15) is 0 Å². The molecule has 1 fully saturated rings. The van der Waals surface area contributed by atoms with Gasteiger partial charge < -0.3 is 4.90 Å². The van der Waals surface area contributed by atoms with E-state index in [1.807, 2.05) is 6.92 Å². The maximum Gasteiger partial charge on any atom is 0.305 e. The maximum atomic E-state index is 11.3. The molecule has 0 aromatic heterocycles. The Kier molecular flexibility index (Phi) is 4.37. The largest absolute Gasteiger partial charge is 0.364 e. The number of nitrogens with zero attached hydrogens (tertiary/aromatic N) is 1. The van der Waals surface area contributed by atoms with E-state index in [1.54, 1.807) is 0 Å². The number of hydrogen-bond donors (Lipinski definition) is 0. The first-order chi connectivity index (χ1) is 8.56. The van der Waals surface area contributed by atoms with Crippen LogP contribution in [0.15, 0.2) is 24.3 Å². The molecule has 0 amide bonds. The molecule has 1 aromatic rings. The van der Waals surface area contributed by atoms with Gasteiger partial charge in [-0.2, -0.15) is 4.21 Å². The lowest BCUT2D eigenvalue weighted by molar-refractivity contribution is 0.170. The number of rotatable bonds is 1. The Hall–Kier alpha value is -0.910. The lowest BCUT2D eigenvalue weighted by Crippen LogP contribution is -2.44. The van der Waals surface area contributed by atoms with E-state index in [0.717, 1.165) is 5.69 Å². The van der Waals surface area contributed by atoms with Gasteiger partial charge in [-0.3, -0.25) is 8.37 Å². The van der Waals surface area contributed by atoms with E-state index in [2.05, 4.69) is 43.0 Å². The molecule has 0 spiro atoms. The number of hydrogen-bond acceptors (Lipinski definition) is 4. The highest BCUT2D eigenvalue weighted by atomic mass is 32.2. The Morgan fingerprint density at radius 3 is 2.61 bits per heavy atom. The summed E-state index contributed by atoms with van der Waals surface area (Å²) in [6, 6.07) is 8.54. The molecule has 4 nitrogen and oxygen atoms in total. The normalized spacial score (nSPS) is 29.7. The smallest absolute Gasteiger partial charge is 0.305 e. The van der Waals surface area contributed by atoms with Gasteiger partial charge in [-0.1, -0.05) is 17.7 Å². The topological polar surface area (TPSA) is 38.8 Å². The van der Waals surface area contributed by atoms with Crippen LogP contribution in [0.5, 0.6) is 0 Å². The molecule has 2 rings (SSSR count). The average molecular weight is 269 g/mol. The van der Waals surface area contributed by atoms with E-state index in [9.17, 15) is 4.21 Å². The molecule has 1 saturated heterocycles. The number of benzene rings is 1. The SMILES string of the molecule is Cc1ccc(N2CC(C)OS(=O)OCC2C)cc1. The summed E-state index contributed by atoms with van der Waals surface area (Å²) in [5.41, 5.74) is 2.37. The van der Waals surface area contributed by atoms with E-state index in [0.29, 0.717) is 13.2 Å². The van der Waals surface area contributed by atoms with Crippen LogP contribution in [-0.2, 0) is 19.7 Å². The third-order valence-electron chi connectivity index (χ3n) is 3.00. The number of aryl methyl sites for hydroxylation is 1. The van der Waals surface area contributed by atoms with Crippen LogP contribution in [-0.4, -0.2) is 29.5 Å². The van der Waals surface area contributed by atoms with Crippen molar-refractivity contribution in [3.8, 4) is 0 Å². The van der Waals surface area contributed by atoms with Gasteiger partial charge in [0.25, 0.3) is 0 Å². The zero-order valence-corrected chi connectivity index (χ0v) is 11.8. The van der Waals surface area contributed by atoms with Gasteiger partial charge in [0, 0.05) is 12.2 Å². The standard InChI is InChI=1S/C13H19NO3S/c1-10-4-6-13(7-5-10)14-8-12(3)17-18(15)16-9-11(14)2/h4-7,11-12H,8-9H2,1-3H3. The summed E-state index contributed by atoms with van der Waals surface area (Å²) in [6.45, 7) is 7.14. The van der Waals surface area contributed by atoms with Crippen molar-refractivity contribution in [2.24, 2.45) is 0 Å². The zero-order chi connectivity index (χ0) is 13.1. The summed E-state index contributed by atoms with van der Waals surface area (Å²) < 4.78 is 21.7. The van der Waals surface area contributed by atoms with Crippen LogP contribution in [0.25, 0.3) is 0 Å². The minimum Gasteiger partial charge on any atom is -0.364 e. The van der Waals surface area contributed by atoms with Crippen LogP contribution in [0.2, 0.25) is 0 Å². The van der Waals surface area contributed by atoms with E-state index in [1.165, 1.54) is 5.56 Å². The molecule has 1 aliphatic heterocycles. The molecule has 0 N–H and O–H groups in total. The van der Waals surface area contributed by atoms with Crippen LogP contribution in [0.3, 0.4) is 0 Å². The molecule has 100 valence electrons. The lowest BCUT2D eigenvalue weighted by atomic mass is 10.1. The van der Waals surface area contributed by atoms with E-state index in [4.69, 9.17) is 8.37 Å². The van der Waals surface area contributed by atoms with Gasteiger partial charge >= 0.3 is 11.4 Å². The summed E-state index contributed by atoms with van der Waals surface area (Å²) in [6.07, 6.45) is -0.130. The van der Waals surface area contributed by atoms with Crippen molar-refractivity contribution < 1.29 is 12.6 Å². The summed E-state index contributed by atoms with van der Waals surface area (Å²) in [5.74, 6) is 0. The molecular weight excluding hydrogens is 250 g/mol. The first kappa shape index (κ1) is 13.5. The van der Waals surface area contributed by atoms with Gasteiger partial charge in [-0.15, -0.1) is 0 Å². The molecule has 1 heterocycles. The molecule has 0 bridgehead atoms. The maximum absolute atomic E-state index is 11.3. The van der Waals surface area contributed by atoms with Gasteiger partial charge in [0.05, 0.1) is 18.8 Å². The van der Waals surface area contributed by atoms with E-state index >= 15 is 0 Å². The van der Waals surface area contributed by atoms with Crippen molar-refractivity contribution in [1.29, 1.82) is 0 Å². The van der Waals surface area contributed by atoms with Gasteiger partial charge in [-0.05, 0) is 32.9 Å². The van der Waals surface area contributed by atoms with E-state index < -0.39 is 11.4 Å². The fraction of sp³-hybridized carbons (Fsp3) is 0.538. The predicted octanol–water partition coefficient (Wildman–Crippen LogP) is 2.20. The van der Waals surface area contributed by atoms with Gasteiger partial charge in [0.2, 0.25) is 0 Å². The van der Waals surface area contributed by atoms with Crippen LogP contribution >= 0.6 is 0 Å². The second-order valence-electron chi connectivity index (χ2n) is 4.73. The Morgan fingerprint density at radius 1 is 1.28 bits per heavy atom. The molecule has 1 aliphatic rings. The van der Waals surface area contributed by atoms with Crippen LogP contribution in [0.1, 0.15) is 19.4 Å². The fourth-order valence-electron chi connectivity index (χ4n) is 1.99. The quantitative estimate of drug-likeness (QED) is 0.783. The molecule has 0 radical (unpaired) electrons. The van der Waals surface area contributed by atoms with Crippen LogP contribution in [0.4, 0.5) is 5.69 Å². The Bertz CT molecular complexity index is 421. The Balaban J connectivity index is 2.18. The minimum atomic E-state index is -1.62. The molecular formula is C13H19NO3S. The minimum absolute atomic E-state index is 0.130. The summed E-state index contributed by atoms with van der Waals surface area (Å²) in [7, 11) is 0. The predicted molar refractivity (Wildman–Crippen MR) is 72.6 cm³/mol.